The van der Waals surface area contributed by atoms with Crippen molar-refractivity contribution < 1.29 is 4.52 Å². The van der Waals surface area contributed by atoms with Crippen LogP contribution in [-0.2, 0) is 6.42 Å². The molecule has 0 spiro atoms. The molecule has 3 rings (SSSR count). The van der Waals surface area contributed by atoms with Crippen LogP contribution in [-0.4, -0.2) is 23.2 Å². The Morgan fingerprint density at radius 1 is 1.19 bits per heavy atom. The molecule has 1 aromatic heterocycles. The summed E-state index contributed by atoms with van der Waals surface area (Å²) >= 11 is 0. The molecule has 1 saturated carbocycles. The summed E-state index contributed by atoms with van der Waals surface area (Å²) in [5, 5.41) is 7.43. The first-order chi connectivity index (χ1) is 7.92. The second-order valence-electron chi connectivity index (χ2n) is 5.05. The average Bonchev–Trinajstić information content (AvgIpc) is 3.08. The van der Waals surface area contributed by atoms with Crippen molar-refractivity contribution >= 4 is 0 Å². The number of aromatic nitrogens is 2. The summed E-state index contributed by atoms with van der Waals surface area (Å²) in [5.74, 6) is 3.25. The Balaban J connectivity index is 1.49. The average molecular weight is 221 g/mol. The van der Waals surface area contributed by atoms with E-state index in [9.17, 15) is 0 Å². The monoisotopic (exact) mass is 221 g/mol. The molecule has 1 aliphatic carbocycles. The lowest BCUT2D eigenvalue weighted by atomic mass is 9.93. The lowest BCUT2D eigenvalue weighted by Gasteiger charge is -2.21. The van der Waals surface area contributed by atoms with Crippen LogP contribution in [0, 0.1) is 5.92 Å². The van der Waals surface area contributed by atoms with E-state index in [1.54, 1.807) is 0 Å². The molecule has 16 heavy (non-hydrogen) atoms. The van der Waals surface area contributed by atoms with Crippen LogP contribution >= 0.6 is 0 Å². The van der Waals surface area contributed by atoms with Crippen molar-refractivity contribution in [1.82, 2.24) is 15.5 Å². The number of nitrogens with one attached hydrogen (secondary N) is 1. The fourth-order valence-electron chi connectivity index (χ4n) is 2.37. The van der Waals surface area contributed by atoms with Gasteiger partial charge in [0.05, 0.1) is 0 Å². The van der Waals surface area contributed by atoms with E-state index >= 15 is 0 Å². The minimum Gasteiger partial charge on any atom is -0.339 e. The summed E-state index contributed by atoms with van der Waals surface area (Å²) in [6, 6.07) is 0. The summed E-state index contributed by atoms with van der Waals surface area (Å²) in [5.41, 5.74) is 0. The van der Waals surface area contributed by atoms with Crippen LogP contribution in [0.5, 0.6) is 0 Å². The van der Waals surface area contributed by atoms with Crippen molar-refractivity contribution in [2.75, 3.05) is 13.1 Å². The van der Waals surface area contributed by atoms with E-state index in [4.69, 9.17) is 4.52 Å². The van der Waals surface area contributed by atoms with E-state index in [1.165, 1.54) is 45.2 Å². The van der Waals surface area contributed by atoms with Gasteiger partial charge in [-0.1, -0.05) is 5.16 Å². The maximum absolute atomic E-state index is 5.28. The highest BCUT2D eigenvalue weighted by molar-refractivity contribution is 5.03. The number of rotatable bonds is 4. The highest BCUT2D eigenvalue weighted by Gasteiger charge is 2.28. The molecule has 1 saturated heterocycles. The van der Waals surface area contributed by atoms with Gasteiger partial charge in [0.2, 0.25) is 5.89 Å². The summed E-state index contributed by atoms with van der Waals surface area (Å²) in [4.78, 5) is 4.46. The largest absolute Gasteiger partial charge is 0.339 e. The lowest BCUT2D eigenvalue weighted by molar-refractivity contribution is 0.323. The third-order valence-electron chi connectivity index (χ3n) is 3.65. The third-order valence-corrected chi connectivity index (χ3v) is 3.65. The topological polar surface area (TPSA) is 51.0 Å². The molecule has 2 aliphatic rings. The van der Waals surface area contributed by atoms with E-state index in [0.29, 0.717) is 5.92 Å². The predicted molar refractivity (Wildman–Crippen MR) is 60.2 cm³/mol. The Bertz CT molecular complexity index is 340. The second kappa shape index (κ2) is 4.53. The summed E-state index contributed by atoms with van der Waals surface area (Å²) in [6.07, 6.45) is 7.24. The molecule has 4 heteroatoms. The molecule has 0 atom stereocenters. The molecule has 1 N–H and O–H groups in total. The number of aryl methyl sites for hydroxylation is 1. The summed E-state index contributed by atoms with van der Waals surface area (Å²) < 4.78 is 5.28. The van der Waals surface area contributed by atoms with Gasteiger partial charge in [-0.15, -0.1) is 0 Å². The van der Waals surface area contributed by atoms with Crippen LogP contribution in [0.1, 0.15) is 49.7 Å². The summed E-state index contributed by atoms with van der Waals surface area (Å²) in [6.45, 7) is 2.34. The van der Waals surface area contributed by atoms with Crippen LogP contribution in [0.15, 0.2) is 4.52 Å². The highest BCUT2D eigenvalue weighted by Crippen LogP contribution is 2.38. The zero-order chi connectivity index (χ0) is 10.8. The lowest BCUT2D eigenvalue weighted by Crippen LogP contribution is -2.27. The van der Waals surface area contributed by atoms with Crippen molar-refractivity contribution in [3.8, 4) is 0 Å². The highest BCUT2D eigenvalue weighted by atomic mass is 16.5. The molecule has 1 aromatic rings. The molecular weight excluding hydrogens is 202 g/mol. The predicted octanol–water partition coefficient (Wildman–Crippen LogP) is 1.88. The molecule has 4 nitrogen and oxygen atoms in total. The zero-order valence-corrected chi connectivity index (χ0v) is 9.61. The van der Waals surface area contributed by atoms with E-state index in [-0.39, 0.29) is 0 Å². The normalized spacial score (nSPS) is 22.5. The van der Waals surface area contributed by atoms with Crippen molar-refractivity contribution in [3.05, 3.63) is 11.7 Å². The van der Waals surface area contributed by atoms with Gasteiger partial charge in [-0.3, -0.25) is 0 Å². The molecule has 1 aliphatic heterocycles. The standard InChI is InChI=1S/C12H19N3O/c1(9-5-7-13-8-6-9)4-11-14-12(15-16-11)10-2-3-10/h9-10,13H,1-8H2. The first kappa shape index (κ1) is 10.3. The fourth-order valence-corrected chi connectivity index (χ4v) is 2.37. The quantitative estimate of drug-likeness (QED) is 0.843. The van der Waals surface area contributed by atoms with Crippen LogP contribution in [0.4, 0.5) is 0 Å². The Morgan fingerprint density at radius 3 is 2.75 bits per heavy atom. The Hall–Kier alpha value is -0.900. The van der Waals surface area contributed by atoms with Crippen molar-refractivity contribution in [1.29, 1.82) is 0 Å². The first-order valence-electron chi connectivity index (χ1n) is 6.45. The maximum Gasteiger partial charge on any atom is 0.226 e. The van der Waals surface area contributed by atoms with Crippen molar-refractivity contribution in [3.63, 3.8) is 0 Å². The van der Waals surface area contributed by atoms with Gasteiger partial charge >= 0.3 is 0 Å². The molecular formula is C12H19N3O. The smallest absolute Gasteiger partial charge is 0.226 e. The van der Waals surface area contributed by atoms with Gasteiger partial charge in [0, 0.05) is 12.3 Å². The molecule has 0 amide bonds. The van der Waals surface area contributed by atoms with Crippen LogP contribution in [0.2, 0.25) is 0 Å². The zero-order valence-electron chi connectivity index (χ0n) is 9.61. The third kappa shape index (κ3) is 2.43. The Morgan fingerprint density at radius 2 is 2.00 bits per heavy atom. The minimum absolute atomic E-state index is 0.608. The first-order valence-corrected chi connectivity index (χ1v) is 6.45. The van der Waals surface area contributed by atoms with E-state index in [0.717, 1.165) is 24.1 Å². The van der Waals surface area contributed by atoms with Gasteiger partial charge in [-0.05, 0) is 51.1 Å². The van der Waals surface area contributed by atoms with Crippen molar-refractivity contribution in [2.24, 2.45) is 5.92 Å². The SMILES string of the molecule is C1CC(CCc2nc(C3CC3)no2)CCN1. The summed E-state index contributed by atoms with van der Waals surface area (Å²) in [7, 11) is 0. The molecule has 0 aromatic carbocycles. The van der Waals surface area contributed by atoms with Gasteiger partial charge in [0.15, 0.2) is 5.82 Å². The van der Waals surface area contributed by atoms with E-state index in [2.05, 4.69) is 15.5 Å². The number of nitrogens with zero attached hydrogens (tertiary/aromatic N) is 2. The van der Waals surface area contributed by atoms with Gasteiger partial charge in [0.1, 0.15) is 0 Å². The van der Waals surface area contributed by atoms with Gasteiger partial charge in [-0.25, -0.2) is 0 Å². The minimum atomic E-state index is 0.608. The van der Waals surface area contributed by atoms with Gasteiger partial charge in [-0.2, -0.15) is 4.98 Å². The molecule has 0 radical (unpaired) electrons. The van der Waals surface area contributed by atoms with Gasteiger partial charge in [0.25, 0.3) is 0 Å². The molecule has 2 heterocycles. The molecule has 88 valence electrons. The molecule has 2 fully saturated rings. The Kier molecular flexibility index (Phi) is 2.91. The number of piperidine rings is 1. The van der Waals surface area contributed by atoms with Crippen molar-refractivity contribution in [2.45, 2.75) is 44.4 Å². The van der Waals surface area contributed by atoms with Crippen LogP contribution in [0.3, 0.4) is 0 Å². The molecule has 0 bridgehead atoms. The van der Waals surface area contributed by atoms with Crippen LogP contribution < -0.4 is 5.32 Å². The maximum atomic E-state index is 5.28. The second-order valence-corrected chi connectivity index (χ2v) is 5.05. The van der Waals surface area contributed by atoms with E-state index < -0.39 is 0 Å². The van der Waals surface area contributed by atoms with Gasteiger partial charge < -0.3 is 9.84 Å². The van der Waals surface area contributed by atoms with E-state index in [1.807, 2.05) is 0 Å². The number of hydrogen-bond donors (Lipinski definition) is 1. The Labute approximate surface area is 95.8 Å². The fraction of sp³-hybridized carbons (Fsp3) is 0.833. The van der Waals surface area contributed by atoms with Crippen LogP contribution in [0.25, 0.3) is 0 Å². The molecule has 0 unspecified atom stereocenters. The number of hydrogen-bond acceptors (Lipinski definition) is 4.